The van der Waals surface area contributed by atoms with Crippen molar-refractivity contribution < 1.29 is 14.1 Å². The third kappa shape index (κ3) is 3.90. The zero-order valence-electron chi connectivity index (χ0n) is 15.7. The predicted molar refractivity (Wildman–Crippen MR) is 101 cm³/mol. The van der Waals surface area contributed by atoms with E-state index in [1.165, 1.54) is 12.1 Å². The number of aromatic nitrogens is 2. The van der Waals surface area contributed by atoms with Crippen LogP contribution in [0.15, 0.2) is 28.7 Å². The van der Waals surface area contributed by atoms with E-state index in [0.717, 1.165) is 51.4 Å². The van der Waals surface area contributed by atoms with Gasteiger partial charge in [0, 0.05) is 29.7 Å². The van der Waals surface area contributed by atoms with Crippen LogP contribution in [0.4, 0.5) is 5.69 Å². The fourth-order valence-corrected chi connectivity index (χ4v) is 4.32. The number of nitrogens with zero attached hydrogens (tertiary/aromatic N) is 4. The van der Waals surface area contributed by atoms with Gasteiger partial charge in [-0.15, -0.1) is 10.2 Å². The summed E-state index contributed by atoms with van der Waals surface area (Å²) in [5.41, 5.74) is 0.636. The van der Waals surface area contributed by atoms with Crippen LogP contribution in [0, 0.1) is 16.0 Å². The first-order valence-corrected chi connectivity index (χ1v) is 9.99. The number of benzene rings is 1. The van der Waals surface area contributed by atoms with E-state index in [0.29, 0.717) is 23.9 Å². The minimum atomic E-state index is -0.447. The average Bonchev–Trinajstić information content (AvgIpc) is 3.48. The molecule has 1 amide bonds. The number of nitro benzene ring substituents is 1. The predicted octanol–water partition coefficient (Wildman–Crippen LogP) is 4.11. The van der Waals surface area contributed by atoms with Crippen molar-refractivity contribution in [2.45, 2.75) is 64.0 Å². The Hall–Kier alpha value is -2.77. The molecular weight excluding hydrogens is 360 g/mol. The highest BCUT2D eigenvalue weighted by molar-refractivity contribution is 5.79. The fourth-order valence-electron chi connectivity index (χ4n) is 4.32. The van der Waals surface area contributed by atoms with Gasteiger partial charge in [0.15, 0.2) is 0 Å². The normalized spacial score (nSPS) is 17.9. The van der Waals surface area contributed by atoms with Crippen molar-refractivity contribution >= 4 is 11.6 Å². The van der Waals surface area contributed by atoms with E-state index in [1.54, 1.807) is 12.1 Å². The lowest BCUT2D eigenvalue weighted by Crippen LogP contribution is -2.41. The Balaban J connectivity index is 1.50. The highest BCUT2D eigenvalue weighted by Crippen LogP contribution is 2.32. The summed E-state index contributed by atoms with van der Waals surface area (Å²) in [5.74, 6) is 1.06. The molecule has 0 radical (unpaired) electrons. The molecule has 8 heteroatoms. The van der Waals surface area contributed by atoms with Gasteiger partial charge in [-0.3, -0.25) is 14.9 Å². The van der Waals surface area contributed by atoms with Crippen molar-refractivity contribution in [1.82, 2.24) is 15.1 Å². The van der Waals surface area contributed by atoms with Crippen LogP contribution in [0.5, 0.6) is 0 Å². The number of hydrogen-bond donors (Lipinski definition) is 0. The molecule has 2 aliphatic rings. The van der Waals surface area contributed by atoms with Gasteiger partial charge in [0.1, 0.15) is 0 Å². The molecule has 1 aromatic carbocycles. The topological polar surface area (TPSA) is 102 Å². The maximum Gasteiger partial charge on any atom is 0.269 e. The third-order valence-corrected chi connectivity index (χ3v) is 5.85. The Bertz CT molecular complexity index is 836. The molecule has 4 rings (SSSR count). The third-order valence-electron chi connectivity index (χ3n) is 5.85. The van der Waals surface area contributed by atoms with E-state index in [1.807, 2.05) is 4.90 Å². The van der Waals surface area contributed by atoms with Gasteiger partial charge in [-0.2, -0.15) is 0 Å². The number of hydrogen-bond acceptors (Lipinski definition) is 6. The second kappa shape index (κ2) is 8.08. The number of amides is 1. The van der Waals surface area contributed by atoms with Crippen LogP contribution in [0.1, 0.15) is 57.3 Å². The van der Waals surface area contributed by atoms with Crippen LogP contribution in [-0.2, 0) is 11.3 Å². The van der Waals surface area contributed by atoms with E-state index >= 15 is 0 Å². The van der Waals surface area contributed by atoms with Gasteiger partial charge in [0.25, 0.3) is 5.69 Å². The molecule has 2 aliphatic carbocycles. The zero-order chi connectivity index (χ0) is 19.5. The molecule has 0 N–H and O–H groups in total. The number of rotatable bonds is 6. The highest BCUT2D eigenvalue weighted by Gasteiger charge is 2.33. The molecular formula is C20H24N4O4. The van der Waals surface area contributed by atoms with Crippen molar-refractivity contribution in [3.8, 4) is 11.5 Å². The lowest BCUT2D eigenvalue weighted by molar-refractivity contribution is -0.384. The molecule has 0 atom stereocenters. The first-order valence-electron chi connectivity index (χ1n) is 9.99. The molecule has 28 heavy (non-hydrogen) atoms. The molecule has 0 spiro atoms. The highest BCUT2D eigenvalue weighted by atomic mass is 16.6. The van der Waals surface area contributed by atoms with Gasteiger partial charge in [-0.1, -0.05) is 25.7 Å². The Morgan fingerprint density at radius 3 is 2.36 bits per heavy atom. The Labute approximate surface area is 163 Å². The maximum atomic E-state index is 13.1. The number of carbonyl (C=O) groups excluding carboxylic acids is 1. The molecule has 0 saturated heterocycles. The smallest absolute Gasteiger partial charge is 0.269 e. The van der Waals surface area contributed by atoms with Gasteiger partial charge in [-0.25, -0.2) is 0 Å². The minimum absolute atomic E-state index is 0.0121. The van der Waals surface area contributed by atoms with Gasteiger partial charge in [-0.05, 0) is 37.8 Å². The van der Waals surface area contributed by atoms with Crippen LogP contribution in [-0.4, -0.2) is 32.0 Å². The van der Waals surface area contributed by atoms with Crippen molar-refractivity contribution in [3.63, 3.8) is 0 Å². The molecule has 2 fully saturated rings. The van der Waals surface area contributed by atoms with Crippen molar-refractivity contribution in [3.05, 3.63) is 40.3 Å². The molecule has 2 aromatic rings. The summed E-state index contributed by atoms with van der Waals surface area (Å²) in [6.07, 6.45) is 8.55. The molecule has 0 aliphatic heterocycles. The van der Waals surface area contributed by atoms with E-state index in [2.05, 4.69) is 10.2 Å². The molecule has 2 saturated carbocycles. The maximum absolute atomic E-state index is 13.1. The van der Waals surface area contributed by atoms with Gasteiger partial charge in [0.2, 0.25) is 17.7 Å². The molecule has 0 bridgehead atoms. The zero-order valence-corrected chi connectivity index (χ0v) is 15.7. The first kappa shape index (κ1) is 18.6. The van der Waals surface area contributed by atoms with E-state index in [9.17, 15) is 14.9 Å². The van der Waals surface area contributed by atoms with Crippen molar-refractivity contribution in [1.29, 1.82) is 0 Å². The fraction of sp³-hybridized carbons (Fsp3) is 0.550. The summed E-state index contributed by atoms with van der Waals surface area (Å²) in [5, 5.41) is 19.0. The molecule has 0 unspecified atom stereocenters. The molecule has 8 nitrogen and oxygen atoms in total. The number of non-ortho nitro benzene ring substituents is 1. The van der Waals surface area contributed by atoms with E-state index in [4.69, 9.17) is 4.42 Å². The summed E-state index contributed by atoms with van der Waals surface area (Å²) in [4.78, 5) is 25.4. The quantitative estimate of drug-likeness (QED) is 0.549. The lowest BCUT2D eigenvalue weighted by atomic mass is 10.0. The summed E-state index contributed by atoms with van der Waals surface area (Å²) in [6.45, 7) is 0.333. The van der Waals surface area contributed by atoms with E-state index in [-0.39, 0.29) is 23.6 Å². The monoisotopic (exact) mass is 384 g/mol. The first-order chi connectivity index (χ1) is 13.6. The SMILES string of the molecule is O=C(C1CCCC1)N(Cc1nnc(-c2ccc([N+](=O)[O-])cc2)o1)C1CCCC1. The summed E-state index contributed by atoms with van der Waals surface area (Å²) < 4.78 is 5.79. The van der Waals surface area contributed by atoms with Gasteiger partial charge >= 0.3 is 0 Å². The molecule has 1 aromatic heterocycles. The molecule has 148 valence electrons. The second-order valence-corrected chi connectivity index (χ2v) is 7.69. The summed E-state index contributed by atoms with van der Waals surface area (Å²) >= 11 is 0. The molecule has 1 heterocycles. The summed E-state index contributed by atoms with van der Waals surface area (Å²) in [7, 11) is 0. The van der Waals surface area contributed by atoms with E-state index < -0.39 is 4.92 Å². The Morgan fingerprint density at radius 2 is 1.71 bits per heavy atom. The number of nitro groups is 1. The summed E-state index contributed by atoms with van der Waals surface area (Å²) in [6, 6.07) is 6.26. The van der Waals surface area contributed by atoms with Crippen LogP contribution in [0.25, 0.3) is 11.5 Å². The van der Waals surface area contributed by atoms with Crippen LogP contribution in [0.3, 0.4) is 0 Å². The van der Waals surface area contributed by atoms with Gasteiger partial charge < -0.3 is 9.32 Å². The Kier molecular flexibility index (Phi) is 5.36. The largest absolute Gasteiger partial charge is 0.419 e. The standard InChI is InChI=1S/C20H24N4O4/c25-20(15-5-1-2-6-15)23(16-7-3-4-8-16)13-18-21-22-19(28-18)14-9-11-17(12-10-14)24(26)27/h9-12,15-16H,1-8,13H2. The van der Waals surface area contributed by atoms with Crippen LogP contribution < -0.4 is 0 Å². The second-order valence-electron chi connectivity index (χ2n) is 7.69. The van der Waals surface area contributed by atoms with Crippen LogP contribution >= 0.6 is 0 Å². The van der Waals surface area contributed by atoms with Crippen molar-refractivity contribution in [2.75, 3.05) is 0 Å². The minimum Gasteiger partial charge on any atom is -0.419 e. The van der Waals surface area contributed by atoms with Crippen molar-refractivity contribution in [2.24, 2.45) is 5.92 Å². The van der Waals surface area contributed by atoms with Gasteiger partial charge in [0.05, 0.1) is 11.5 Å². The lowest BCUT2D eigenvalue weighted by Gasteiger charge is -2.30. The Morgan fingerprint density at radius 1 is 1.07 bits per heavy atom. The average molecular weight is 384 g/mol. The number of carbonyl (C=O) groups is 1. The van der Waals surface area contributed by atoms with Crippen LogP contribution in [0.2, 0.25) is 0 Å².